The van der Waals surface area contributed by atoms with Crippen LogP contribution in [0.3, 0.4) is 0 Å². The van der Waals surface area contributed by atoms with Gasteiger partial charge in [-0.15, -0.1) is 0 Å². The normalized spacial score (nSPS) is 13.1. The Hall–Kier alpha value is -0.660. The maximum atomic E-state index is 6.22. The zero-order valence-corrected chi connectivity index (χ0v) is 15.5. The second-order valence-electron chi connectivity index (χ2n) is 4.58. The van der Waals surface area contributed by atoms with E-state index in [4.69, 9.17) is 21.1 Å². The van der Waals surface area contributed by atoms with Crippen molar-refractivity contribution >= 4 is 55.8 Å². The van der Waals surface area contributed by atoms with Crippen LogP contribution in [-0.2, 0) is 6.54 Å². The molecule has 0 aromatic heterocycles. The third-order valence-electron chi connectivity index (χ3n) is 3.07. The van der Waals surface area contributed by atoms with Gasteiger partial charge in [-0.25, -0.2) is 0 Å². The molecule has 0 aliphatic carbocycles. The highest BCUT2D eigenvalue weighted by Crippen LogP contribution is 2.38. The zero-order chi connectivity index (χ0) is 14.8. The predicted molar refractivity (Wildman–Crippen MR) is 96.6 cm³/mol. The summed E-state index contributed by atoms with van der Waals surface area (Å²) >= 11 is 12.0. The summed E-state index contributed by atoms with van der Waals surface area (Å²) in [5, 5.41) is 4.06. The number of ether oxygens (including phenoxy) is 2. The maximum absolute atomic E-state index is 6.22. The molecule has 1 heterocycles. The van der Waals surface area contributed by atoms with Gasteiger partial charge in [0.2, 0.25) is 0 Å². The van der Waals surface area contributed by atoms with Crippen LogP contribution in [0.5, 0.6) is 11.5 Å². The number of rotatable bonds is 3. The van der Waals surface area contributed by atoms with E-state index in [9.17, 15) is 0 Å². The van der Waals surface area contributed by atoms with Gasteiger partial charge in [-0.05, 0) is 74.4 Å². The molecule has 3 nitrogen and oxygen atoms in total. The van der Waals surface area contributed by atoms with Crippen molar-refractivity contribution in [3.8, 4) is 11.5 Å². The smallest absolute Gasteiger partial charge is 0.175 e. The minimum Gasteiger partial charge on any atom is -0.486 e. The van der Waals surface area contributed by atoms with Crippen LogP contribution in [0.25, 0.3) is 0 Å². The largest absolute Gasteiger partial charge is 0.486 e. The zero-order valence-electron chi connectivity index (χ0n) is 11.0. The fourth-order valence-corrected chi connectivity index (χ4v) is 3.62. The Morgan fingerprint density at radius 3 is 2.81 bits per heavy atom. The third kappa shape index (κ3) is 3.57. The molecule has 6 heteroatoms. The predicted octanol–water partition coefficient (Wildman–Crippen LogP) is 5.09. The average molecular weight is 481 g/mol. The Labute approximate surface area is 150 Å². The van der Waals surface area contributed by atoms with Gasteiger partial charge in [-0.2, -0.15) is 0 Å². The second kappa shape index (κ2) is 6.62. The number of anilines is 1. The molecule has 0 spiro atoms. The molecule has 0 saturated heterocycles. The number of halogens is 3. The number of benzene rings is 2. The van der Waals surface area contributed by atoms with Gasteiger partial charge < -0.3 is 14.8 Å². The van der Waals surface area contributed by atoms with Crippen molar-refractivity contribution in [2.75, 3.05) is 18.5 Å². The van der Waals surface area contributed by atoms with E-state index < -0.39 is 0 Å². The highest BCUT2D eigenvalue weighted by Gasteiger charge is 2.16. The number of hydrogen-bond donors (Lipinski definition) is 1. The Morgan fingerprint density at radius 2 is 2.00 bits per heavy atom. The molecular formula is C15H12BrClINO2. The average Bonchev–Trinajstić information content (AvgIpc) is 2.46. The Morgan fingerprint density at radius 1 is 1.19 bits per heavy atom. The summed E-state index contributed by atoms with van der Waals surface area (Å²) in [5.74, 6) is 1.55. The van der Waals surface area contributed by atoms with E-state index in [-0.39, 0.29) is 0 Å². The summed E-state index contributed by atoms with van der Waals surface area (Å²) in [6.45, 7) is 1.83. The number of hydrogen-bond acceptors (Lipinski definition) is 3. The summed E-state index contributed by atoms with van der Waals surface area (Å²) in [6.07, 6.45) is 0. The van der Waals surface area contributed by atoms with Crippen LogP contribution in [0, 0.1) is 3.57 Å². The molecule has 21 heavy (non-hydrogen) atoms. The fraction of sp³-hybridized carbons (Fsp3) is 0.200. The minimum absolute atomic E-state index is 0.583. The number of nitrogens with one attached hydrogen (secondary N) is 1. The third-order valence-corrected chi connectivity index (χ3v) is 4.64. The second-order valence-corrected chi connectivity index (χ2v) is 7.09. The van der Waals surface area contributed by atoms with Gasteiger partial charge in [0.25, 0.3) is 0 Å². The van der Waals surface area contributed by atoms with Crippen molar-refractivity contribution in [1.29, 1.82) is 0 Å². The molecule has 110 valence electrons. The number of fused-ring (bicyclic) bond motifs is 1. The molecule has 1 aliphatic heterocycles. The lowest BCUT2D eigenvalue weighted by Crippen LogP contribution is -2.16. The van der Waals surface area contributed by atoms with Crippen LogP contribution >= 0.6 is 50.1 Å². The first kappa shape index (κ1) is 15.2. The van der Waals surface area contributed by atoms with Crippen LogP contribution in [0.2, 0.25) is 5.02 Å². The summed E-state index contributed by atoms with van der Waals surface area (Å²) in [4.78, 5) is 0. The summed E-state index contributed by atoms with van der Waals surface area (Å²) < 4.78 is 13.2. The molecule has 2 aromatic rings. The Bertz CT molecular complexity index is 681. The van der Waals surface area contributed by atoms with E-state index in [0.29, 0.717) is 19.8 Å². The SMILES string of the molecule is Clc1cc(I)ccc1NCc1cc(Br)c2c(c1)OCCO2. The van der Waals surface area contributed by atoms with Crippen LogP contribution in [0.4, 0.5) is 5.69 Å². The van der Waals surface area contributed by atoms with E-state index >= 15 is 0 Å². The molecule has 0 saturated carbocycles. The van der Waals surface area contributed by atoms with E-state index in [1.807, 2.05) is 30.3 Å². The van der Waals surface area contributed by atoms with Gasteiger partial charge in [-0.1, -0.05) is 11.6 Å². The molecule has 0 bridgehead atoms. The molecule has 1 aliphatic rings. The van der Waals surface area contributed by atoms with Gasteiger partial charge in [0.15, 0.2) is 11.5 Å². The molecule has 0 radical (unpaired) electrons. The molecule has 0 atom stereocenters. The quantitative estimate of drug-likeness (QED) is 0.621. The van der Waals surface area contributed by atoms with Gasteiger partial charge in [0.05, 0.1) is 15.2 Å². The summed E-state index contributed by atoms with van der Waals surface area (Å²) in [7, 11) is 0. The van der Waals surface area contributed by atoms with E-state index in [1.165, 1.54) is 0 Å². The lowest BCUT2D eigenvalue weighted by atomic mass is 10.2. The van der Waals surface area contributed by atoms with Crippen molar-refractivity contribution < 1.29 is 9.47 Å². The van der Waals surface area contributed by atoms with Gasteiger partial charge in [0, 0.05) is 10.1 Å². The van der Waals surface area contributed by atoms with Gasteiger partial charge >= 0.3 is 0 Å². The van der Waals surface area contributed by atoms with E-state index in [0.717, 1.165) is 35.8 Å². The van der Waals surface area contributed by atoms with Crippen molar-refractivity contribution in [3.05, 3.63) is 49.0 Å². The molecule has 0 unspecified atom stereocenters. The standard InChI is InChI=1S/C15H12BrClINO2/c16-11-5-9(6-14-15(11)21-4-3-20-14)8-19-13-2-1-10(18)7-12(13)17/h1-2,5-7,19H,3-4,8H2. The Balaban J connectivity index is 1.77. The summed E-state index contributed by atoms with van der Waals surface area (Å²) in [5.41, 5.74) is 2.02. The van der Waals surface area contributed by atoms with Gasteiger partial charge in [-0.3, -0.25) is 0 Å². The molecule has 1 N–H and O–H groups in total. The maximum Gasteiger partial charge on any atom is 0.175 e. The topological polar surface area (TPSA) is 30.5 Å². The molecular weight excluding hydrogens is 468 g/mol. The van der Waals surface area contributed by atoms with Gasteiger partial charge in [0.1, 0.15) is 13.2 Å². The first-order valence-corrected chi connectivity index (χ1v) is 8.65. The van der Waals surface area contributed by atoms with Crippen LogP contribution in [-0.4, -0.2) is 13.2 Å². The van der Waals surface area contributed by atoms with Crippen molar-refractivity contribution in [1.82, 2.24) is 0 Å². The lowest BCUT2D eigenvalue weighted by Gasteiger charge is -2.20. The van der Waals surface area contributed by atoms with Crippen LogP contribution in [0.15, 0.2) is 34.8 Å². The molecule has 2 aromatic carbocycles. The molecule has 3 rings (SSSR count). The highest BCUT2D eigenvalue weighted by atomic mass is 127. The van der Waals surface area contributed by atoms with Crippen LogP contribution in [0.1, 0.15) is 5.56 Å². The fourth-order valence-electron chi connectivity index (χ4n) is 2.10. The first-order valence-electron chi connectivity index (χ1n) is 6.40. The molecule has 0 fully saturated rings. The van der Waals surface area contributed by atoms with Crippen LogP contribution < -0.4 is 14.8 Å². The first-order chi connectivity index (χ1) is 10.1. The highest BCUT2D eigenvalue weighted by molar-refractivity contribution is 14.1. The van der Waals surface area contributed by atoms with Crippen molar-refractivity contribution in [2.24, 2.45) is 0 Å². The molecule has 0 amide bonds. The lowest BCUT2D eigenvalue weighted by molar-refractivity contribution is 0.170. The Kier molecular flexibility index (Phi) is 4.81. The van der Waals surface area contributed by atoms with Crippen molar-refractivity contribution in [3.63, 3.8) is 0 Å². The van der Waals surface area contributed by atoms with E-state index in [1.54, 1.807) is 0 Å². The van der Waals surface area contributed by atoms with E-state index in [2.05, 4.69) is 43.8 Å². The summed E-state index contributed by atoms with van der Waals surface area (Å²) in [6, 6.07) is 9.96. The minimum atomic E-state index is 0.583. The monoisotopic (exact) mass is 479 g/mol. The van der Waals surface area contributed by atoms with Crippen molar-refractivity contribution in [2.45, 2.75) is 6.54 Å².